The van der Waals surface area contributed by atoms with Crippen molar-refractivity contribution in [3.8, 4) is 6.07 Å². The van der Waals surface area contributed by atoms with Crippen LogP contribution in [0.25, 0.3) is 0 Å². The smallest absolute Gasteiger partial charge is 0.328 e. The fourth-order valence-corrected chi connectivity index (χ4v) is 3.01. The van der Waals surface area contributed by atoms with Crippen molar-refractivity contribution >= 4 is 17.5 Å². The third-order valence-corrected chi connectivity index (χ3v) is 4.25. The van der Waals surface area contributed by atoms with Gasteiger partial charge in [0, 0.05) is 6.54 Å². The van der Waals surface area contributed by atoms with E-state index >= 15 is 0 Å². The molecule has 0 aliphatic carbocycles. The highest BCUT2D eigenvalue weighted by Gasteiger charge is 2.31. The van der Waals surface area contributed by atoms with Gasteiger partial charge in [-0.3, -0.25) is 9.78 Å². The molecule has 1 fully saturated rings. The van der Waals surface area contributed by atoms with Gasteiger partial charge in [-0.1, -0.05) is 11.6 Å². The second-order valence-electron chi connectivity index (χ2n) is 5.38. The number of benzene rings is 1. The third kappa shape index (κ3) is 2.98. The summed E-state index contributed by atoms with van der Waals surface area (Å²) in [5.41, 5.74) is 0.262. The topological polar surface area (TPSA) is 106 Å². The van der Waals surface area contributed by atoms with Crippen molar-refractivity contribution in [3.05, 3.63) is 50.7 Å². The number of aromatic nitrogens is 3. The molecule has 0 saturated carbocycles. The summed E-state index contributed by atoms with van der Waals surface area (Å²) in [5, 5.41) is 15.6. The quantitative estimate of drug-likeness (QED) is 0.877. The van der Waals surface area contributed by atoms with Crippen molar-refractivity contribution < 1.29 is 4.79 Å². The van der Waals surface area contributed by atoms with E-state index in [1.54, 1.807) is 17.0 Å². The average Bonchev–Trinajstić information content (AvgIpc) is 3.01. The summed E-state index contributed by atoms with van der Waals surface area (Å²) in [5.74, 6) is 0.177. The molecule has 0 spiro atoms. The van der Waals surface area contributed by atoms with Crippen LogP contribution in [0.4, 0.5) is 0 Å². The standard InChI is InChI=1S/C15H14ClN5O2/c16-11-5-4-9(8-17)7-10(11)14(22)21-6-2-1-3-12(21)13-18-15(23)20-19-13/h4-5,7,12H,1-3,6H2,(H2,18,19,20,23). The maximum absolute atomic E-state index is 12.9. The molecule has 1 saturated heterocycles. The van der Waals surface area contributed by atoms with Crippen LogP contribution in [0, 0.1) is 11.3 Å². The number of amides is 1. The highest BCUT2D eigenvalue weighted by atomic mass is 35.5. The van der Waals surface area contributed by atoms with E-state index in [1.165, 1.54) is 6.07 Å². The zero-order chi connectivity index (χ0) is 16.4. The molecule has 1 amide bonds. The van der Waals surface area contributed by atoms with Crippen LogP contribution in [0.15, 0.2) is 23.0 Å². The largest absolute Gasteiger partial charge is 0.340 e. The molecule has 3 rings (SSSR count). The minimum atomic E-state index is -0.400. The lowest BCUT2D eigenvalue weighted by Gasteiger charge is -2.34. The number of H-pyrrole nitrogens is 2. The first kappa shape index (κ1) is 15.3. The molecule has 2 N–H and O–H groups in total. The van der Waals surface area contributed by atoms with E-state index in [0.29, 0.717) is 29.4 Å². The number of likely N-dealkylation sites (tertiary alicyclic amines) is 1. The van der Waals surface area contributed by atoms with Gasteiger partial charge in [0.25, 0.3) is 5.91 Å². The number of halogens is 1. The first-order chi connectivity index (χ1) is 11.1. The Hall–Kier alpha value is -2.59. The van der Waals surface area contributed by atoms with Crippen LogP contribution >= 0.6 is 11.6 Å². The Balaban J connectivity index is 1.96. The Bertz CT molecular complexity index is 835. The molecule has 0 bridgehead atoms. The number of hydrogen-bond acceptors (Lipinski definition) is 4. The van der Waals surface area contributed by atoms with E-state index in [9.17, 15) is 9.59 Å². The molecular formula is C15H14ClN5O2. The van der Waals surface area contributed by atoms with Gasteiger partial charge in [0.1, 0.15) is 0 Å². The highest BCUT2D eigenvalue weighted by Crippen LogP contribution is 2.31. The Kier molecular flexibility index (Phi) is 4.17. The number of piperidine rings is 1. The normalized spacial score (nSPS) is 17.7. The maximum Gasteiger partial charge on any atom is 0.340 e. The van der Waals surface area contributed by atoms with Crippen LogP contribution < -0.4 is 5.69 Å². The van der Waals surface area contributed by atoms with Gasteiger partial charge in [0.2, 0.25) is 0 Å². The molecule has 1 aliphatic rings. The number of nitrogens with one attached hydrogen (secondary N) is 2. The highest BCUT2D eigenvalue weighted by molar-refractivity contribution is 6.33. The molecule has 2 heterocycles. The van der Waals surface area contributed by atoms with Crippen molar-refractivity contribution in [1.29, 1.82) is 5.26 Å². The maximum atomic E-state index is 12.9. The number of nitriles is 1. The number of carbonyl (C=O) groups excluding carboxylic acids is 1. The van der Waals surface area contributed by atoms with Crippen LogP contribution in [0.3, 0.4) is 0 Å². The minimum Gasteiger partial charge on any atom is -0.328 e. The molecule has 1 atom stereocenters. The molecule has 1 unspecified atom stereocenters. The van der Waals surface area contributed by atoms with Crippen molar-refractivity contribution in [1.82, 2.24) is 20.1 Å². The predicted molar refractivity (Wildman–Crippen MR) is 83.0 cm³/mol. The Morgan fingerprint density at radius 3 is 2.96 bits per heavy atom. The lowest BCUT2D eigenvalue weighted by atomic mass is 9.99. The molecule has 23 heavy (non-hydrogen) atoms. The average molecular weight is 332 g/mol. The summed E-state index contributed by atoms with van der Waals surface area (Å²) in [4.78, 5) is 28.4. The zero-order valence-electron chi connectivity index (χ0n) is 12.2. The molecule has 8 heteroatoms. The molecule has 1 aliphatic heterocycles. The second kappa shape index (κ2) is 6.26. The van der Waals surface area contributed by atoms with Crippen LogP contribution in [-0.4, -0.2) is 32.5 Å². The first-order valence-electron chi connectivity index (χ1n) is 7.25. The molecule has 2 aromatic rings. The lowest BCUT2D eigenvalue weighted by Crippen LogP contribution is -2.39. The molecule has 1 aromatic carbocycles. The van der Waals surface area contributed by atoms with Gasteiger partial charge >= 0.3 is 5.69 Å². The summed E-state index contributed by atoms with van der Waals surface area (Å²) < 4.78 is 0. The van der Waals surface area contributed by atoms with Gasteiger partial charge in [-0.25, -0.2) is 9.89 Å². The fourth-order valence-electron chi connectivity index (χ4n) is 2.81. The predicted octanol–water partition coefficient (Wildman–Crippen LogP) is 1.99. The molecule has 118 valence electrons. The molecule has 0 radical (unpaired) electrons. The SMILES string of the molecule is N#Cc1ccc(Cl)c(C(=O)N2CCCCC2c2n[nH]c(=O)[nH]2)c1. The van der Waals surface area contributed by atoms with Crippen LogP contribution in [-0.2, 0) is 0 Å². The van der Waals surface area contributed by atoms with E-state index in [0.717, 1.165) is 12.8 Å². The summed E-state index contributed by atoms with van der Waals surface area (Å²) in [6, 6.07) is 6.30. The number of aromatic amines is 2. The van der Waals surface area contributed by atoms with Gasteiger partial charge in [-0.05, 0) is 37.5 Å². The van der Waals surface area contributed by atoms with Crippen LogP contribution in [0.1, 0.15) is 47.1 Å². The van der Waals surface area contributed by atoms with Crippen LogP contribution in [0.2, 0.25) is 5.02 Å². The van der Waals surface area contributed by atoms with Gasteiger partial charge < -0.3 is 4.90 Å². The fraction of sp³-hybridized carbons (Fsp3) is 0.333. The van der Waals surface area contributed by atoms with Crippen molar-refractivity contribution in [2.75, 3.05) is 6.54 Å². The Labute approximate surface area is 136 Å². The summed E-state index contributed by atoms with van der Waals surface area (Å²) in [6.07, 6.45) is 2.52. The van der Waals surface area contributed by atoms with Gasteiger partial charge in [-0.15, -0.1) is 0 Å². The van der Waals surface area contributed by atoms with Crippen molar-refractivity contribution in [2.24, 2.45) is 0 Å². The summed E-state index contributed by atoms with van der Waals surface area (Å²) in [6.45, 7) is 0.547. The van der Waals surface area contributed by atoms with Gasteiger partial charge in [0.15, 0.2) is 5.82 Å². The van der Waals surface area contributed by atoms with Crippen LogP contribution in [0.5, 0.6) is 0 Å². The second-order valence-corrected chi connectivity index (χ2v) is 5.79. The van der Waals surface area contributed by atoms with Gasteiger partial charge in [0.05, 0.1) is 28.3 Å². The van der Waals surface area contributed by atoms with E-state index in [4.69, 9.17) is 16.9 Å². The minimum absolute atomic E-state index is 0.263. The Morgan fingerprint density at radius 2 is 2.26 bits per heavy atom. The van der Waals surface area contributed by atoms with E-state index < -0.39 is 5.69 Å². The van der Waals surface area contributed by atoms with Crippen molar-refractivity contribution in [3.63, 3.8) is 0 Å². The number of carbonyl (C=O) groups is 1. The van der Waals surface area contributed by atoms with E-state index in [2.05, 4.69) is 15.2 Å². The molecule has 7 nitrogen and oxygen atoms in total. The van der Waals surface area contributed by atoms with Crippen molar-refractivity contribution in [2.45, 2.75) is 25.3 Å². The number of rotatable bonds is 2. The first-order valence-corrected chi connectivity index (χ1v) is 7.63. The van der Waals surface area contributed by atoms with E-state index in [1.807, 2.05) is 6.07 Å². The van der Waals surface area contributed by atoms with E-state index in [-0.39, 0.29) is 17.5 Å². The number of nitrogens with zero attached hydrogens (tertiary/aromatic N) is 3. The Morgan fingerprint density at radius 1 is 1.43 bits per heavy atom. The third-order valence-electron chi connectivity index (χ3n) is 3.92. The number of hydrogen-bond donors (Lipinski definition) is 2. The summed E-state index contributed by atoms with van der Waals surface area (Å²) in [7, 11) is 0. The lowest BCUT2D eigenvalue weighted by molar-refractivity contribution is 0.0600. The monoisotopic (exact) mass is 331 g/mol. The summed E-state index contributed by atoms with van der Waals surface area (Å²) >= 11 is 6.13. The molecular weight excluding hydrogens is 318 g/mol. The molecule has 1 aromatic heterocycles. The zero-order valence-corrected chi connectivity index (χ0v) is 12.9. The van der Waals surface area contributed by atoms with Gasteiger partial charge in [-0.2, -0.15) is 10.4 Å².